The molecular formula is C17H24O2. The summed E-state index contributed by atoms with van der Waals surface area (Å²) in [5, 5.41) is 0. The Balaban J connectivity index is 2.37. The molecule has 0 aromatic heterocycles. The average molecular weight is 260 g/mol. The Morgan fingerprint density at radius 1 is 1.21 bits per heavy atom. The molecular weight excluding hydrogens is 236 g/mol. The Kier molecular flexibility index (Phi) is 7.07. The molecule has 0 heterocycles. The molecule has 0 aliphatic heterocycles. The standard InChI is InChI=1S/C17H24O2/c1-5-14(3)7-10-17(18-4)13-19-16-11-8-15(6-2)9-12-16/h2,8-9,11-12,14,17H,5,7,10,13H2,1,3-4H3. The van der Waals surface area contributed by atoms with Crippen molar-refractivity contribution in [2.45, 2.75) is 39.2 Å². The molecule has 2 nitrogen and oxygen atoms in total. The molecule has 0 fully saturated rings. The fourth-order valence-corrected chi connectivity index (χ4v) is 1.78. The highest BCUT2D eigenvalue weighted by Gasteiger charge is 2.10. The van der Waals surface area contributed by atoms with Gasteiger partial charge in [-0.05, 0) is 43.0 Å². The molecule has 2 atom stereocenters. The van der Waals surface area contributed by atoms with Crippen LogP contribution in [0.25, 0.3) is 0 Å². The SMILES string of the molecule is C#Cc1ccc(OCC(CCC(C)CC)OC)cc1. The van der Waals surface area contributed by atoms with Gasteiger partial charge in [0.1, 0.15) is 12.4 Å². The Bertz CT molecular complexity index is 389. The van der Waals surface area contributed by atoms with Crippen molar-refractivity contribution < 1.29 is 9.47 Å². The van der Waals surface area contributed by atoms with Gasteiger partial charge in [-0.15, -0.1) is 6.42 Å². The maximum Gasteiger partial charge on any atom is 0.119 e. The van der Waals surface area contributed by atoms with Crippen LogP contribution in [0.5, 0.6) is 5.75 Å². The number of ether oxygens (including phenoxy) is 2. The number of rotatable bonds is 8. The van der Waals surface area contributed by atoms with E-state index in [4.69, 9.17) is 15.9 Å². The molecule has 0 radical (unpaired) electrons. The minimum absolute atomic E-state index is 0.154. The van der Waals surface area contributed by atoms with Gasteiger partial charge >= 0.3 is 0 Å². The summed E-state index contributed by atoms with van der Waals surface area (Å²) in [4.78, 5) is 0. The maximum absolute atomic E-state index is 5.73. The summed E-state index contributed by atoms with van der Waals surface area (Å²) in [6.45, 7) is 5.07. The second-order valence-electron chi connectivity index (χ2n) is 4.93. The van der Waals surface area contributed by atoms with Crippen LogP contribution in [-0.2, 0) is 4.74 Å². The second kappa shape index (κ2) is 8.61. The predicted octanol–water partition coefficient (Wildman–Crippen LogP) is 3.89. The third-order valence-electron chi connectivity index (χ3n) is 3.47. The van der Waals surface area contributed by atoms with Crippen LogP contribution in [0.15, 0.2) is 24.3 Å². The molecule has 0 bridgehead atoms. The Labute approximate surface area is 117 Å². The smallest absolute Gasteiger partial charge is 0.119 e. The van der Waals surface area contributed by atoms with Crippen molar-refractivity contribution in [1.29, 1.82) is 0 Å². The fraction of sp³-hybridized carbons (Fsp3) is 0.529. The van der Waals surface area contributed by atoms with Crippen molar-refractivity contribution >= 4 is 0 Å². The van der Waals surface area contributed by atoms with Crippen LogP contribution in [-0.4, -0.2) is 19.8 Å². The molecule has 0 saturated heterocycles. The van der Waals surface area contributed by atoms with Gasteiger partial charge in [0.15, 0.2) is 0 Å². The highest BCUT2D eigenvalue weighted by atomic mass is 16.5. The van der Waals surface area contributed by atoms with E-state index in [9.17, 15) is 0 Å². The molecule has 0 amide bonds. The van der Waals surface area contributed by atoms with Gasteiger partial charge < -0.3 is 9.47 Å². The second-order valence-corrected chi connectivity index (χ2v) is 4.93. The maximum atomic E-state index is 5.73. The molecule has 2 unspecified atom stereocenters. The van der Waals surface area contributed by atoms with Gasteiger partial charge in [-0.1, -0.05) is 26.2 Å². The summed E-state index contributed by atoms with van der Waals surface area (Å²) in [6.07, 6.45) is 8.89. The summed E-state index contributed by atoms with van der Waals surface area (Å²) in [6, 6.07) is 7.57. The summed E-state index contributed by atoms with van der Waals surface area (Å²) < 4.78 is 11.2. The van der Waals surface area contributed by atoms with Gasteiger partial charge in [0.05, 0.1) is 6.10 Å². The topological polar surface area (TPSA) is 18.5 Å². The summed E-state index contributed by atoms with van der Waals surface area (Å²) in [5.41, 5.74) is 0.868. The van der Waals surface area contributed by atoms with Gasteiger partial charge in [-0.2, -0.15) is 0 Å². The van der Waals surface area contributed by atoms with E-state index >= 15 is 0 Å². The van der Waals surface area contributed by atoms with Crippen molar-refractivity contribution in [2.24, 2.45) is 5.92 Å². The first kappa shape index (κ1) is 15.6. The van der Waals surface area contributed by atoms with Crippen LogP contribution < -0.4 is 4.74 Å². The zero-order valence-electron chi connectivity index (χ0n) is 12.2. The van der Waals surface area contributed by atoms with Crippen molar-refractivity contribution in [3.05, 3.63) is 29.8 Å². The fourth-order valence-electron chi connectivity index (χ4n) is 1.78. The zero-order chi connectivity index (χ0) is 14.1. The molecule has 0 aliphatic carbocycles. The van der Waals surface area contributed by atoms with Crippen LogP contribution >= 0.6 is 0 Å². The number of terminal acetylenes is 1. The van der Waals surface area contributed by atoms with Gasteiger partial charge in [-0.25, -0.2) is 0 Å². The zero-order valence-corrected chi connectivity index (χ0v) is 12.2. The summed E-state index contributed by atoms with van der Waals surface area (Å²) >= 11 is 0. The van der Waals surface area contributed by atoms with Crippen molar-refractivity contribution in [3.63, 3.8) is 0 Å². The van der Waals surface area contributed by atoms with E-state index in [0.29, 0.717) is 6.61 Å². The molecule has 19 heavy (non-hydrogen) atoms. The number of hydrogen-bond donors (Lipinski definition) is 0. The normalized spacial score (nSPS) is 13.6. The first-order valence-electron chi connectivity index (χ1n) is 6.91. The lowest BCUT2D eigenvalue weighted by molar-refractivity contribution is 0.0477. The Morgan fingerprint density at radius 2 is 1.89 bits per heavy atom. The van der Waals surface area contributed by atoms with E-state index in [1.807, 2.05) is 24.3 Å². The van der Waals surface area contributed by atoms with Crippen molar-refractivity contribution in [2.75, 3.05) is 13.7 Å². The van der Waals surface area contributed by atoms with E-state index in [1.54, 1.807) is 7.11 Å². The minimum atomic E-state index is 0.154. The number of hydrogen-bond acceptors (Lipinski definition) is 2. The third kappa shape index (κ3) is 5.81. The molecule has 1 rings (SSSR count). The molecule has 0 N–H and O–H groups in total. The lowest BCUT2D eigenvalue weighted by Crippen LogP contribution is -2.21. The predicted molar refractivity (Wildman–Crippen MR) is 79.4 cm³/mol. The van der Waals surface area contributed by atoms with Crippen LogP contribution in [0, 0.1) is 18.3 Å². The van der Waals surface area contributed by atoms with E-state index in [0.717, 1.165) is 23.7 Å². The van der Waals surface area contributed by atoms with E-state index in [2.05, 4.69) is 19.8 Å². The average Bonchev–Trinajstić information content (AvgIpc) is 2.47. The number of benzene rings is 1. The molecule has 1 aromatic carbocycles. The Hall–Kier alpha value is -1.46. The van der Waals surface area contributed by atoms with Crippen molar-refractivity contribution in [1.82, 2.24) is 0 Å². The first-order valence-corrected chi connectivity index (χ1v) is 6.91. The van der Waals surface area contributed by atoms with Crippen LogP contribution in [0.2, 0.25) is 0 Å². The highest BCUT2D eigenvalue weighted by molar-refractivity contribution is 5.36. The lowest BCUT2D eigenvalue weighted by Gasteiger charge is -2.18. The molecule has 0 aliphatic rings. The van der Waals surface area contributed by atoms with E-state index in [-0.39, 0.29) is 6.10 Å². The molecule has 0 spiro atoms. The Morgan fingerprint density at radius 3 is 2.42 bits per heavy atom. The quantitative estimate of drug-likeness (QED) is 0.660. The van der Waals surface area contributed by atoms with E-state index < -0.39 is 0 Å². The van der Waals surface area contributed by atoms with Crippen LogP contribution in [0.4, 0.5) is 0 Å². The molecule has 1 aromatic rings. The van der Waals surface area contributed by atoms with Crippen LogP contribution in [0.1, 0.15) is 38.7 Å². The largest absolute Gasteiger partial charge is 0.491 e. The van der Waals surface area contributed by atoms with Crippen LogP contribution in [0.3, 0.4) is 0 Å². The lowest BCUT2D eigenvalue weighted by atomic mass is 10.0. The summed E-state index contributed by atoms with van der Waals surface area (Å²) in [5.74, 6) is 4.17. The molecule has 2 heteroatoms. The third-order valence-corrected chi connectivity index (χ3v) is 3.47. The van der Waals surface area contributed by atoms with Gasteiger partial charge in [0, 0.05) is 12.7 Å². The van der Waals surface area contributed by atoms with Crippen molar-refractivity contribution in [3.8, 4) is 18.1 Å². The first-order chi connectivity index (χ1) is 9.19. The van der Waals surface area contributed by atoms with Gasteiger partial charge in [-0.3, -0.25) is 0 Å². The highest BCUT2D eigenvalue weighted by Crippen LogP contribution is 2.16. The molecule has 104 valence electrons. The van der Waals surface area contributed by atoms with Gasteiger partial charge in [0.25, 0.3) is 0 Å². The summed E-state index contributed by atoms with van der Waals surface area (Å²) in [7, 11) is 1.74. The van der Waals surface area contributed by atoms with Gasteiger partial charge in [0.2, 0.25) is 0 Å². The molecule has 0 saturated carbocycles. The van der Waals surface area contributed by atoms with E-state index in [1.165, 1.54) is 12.8 Å². The minimum Gasteiger partial charge on any atom is -0.491 e. The number of methoxy groups -OCH3 is 1. The monoisotopic (exact) mass is 260 g/mol.